The number of piperidine rings is 1. The van der Waals surface area contributed by atoms with Crippen molar-refractivity contribution in [1.29, 1.82) is 0 Å². The minimum absolute atomic E-state index is 0.721. The van der Waals surface area contributed by atoms with Gasteiger partial charge in [0.25, 0.3) is 0 Å². The lowest BCUT2D eigenvalue weighted by atomic mass is 10.1. The Morgan fingerprint density at radius 2 is 2.05 bits per heavy atom. The van der Waals surface area contributed by atoms with Crippen molar-refractivity contribution in [3.63, 3.8) is 0 Å². The van der Waals surface area contributed by atoms with Gasteiger partial charge in [-0.3, -0.25) is 0 Å². The second kappa shape index (κ2) is 7.10. The van der Waals surface area contributed by atoms with Crippen molar-refractivity contribution >= 4 is 10.9 Å². The van der Waals surface area contributed by atoms with Crippen molar-refractivity contribution in [3.05, 3.63) is 36.0 Å². The molecule has 1 atom stereocenters. The lowest BCUT2D eigenvalue weighted by Crippen LogP contribution is -2.36. The molecule has 1 aliphatic heterocycles. The van der Waals surface area contributed by atoms with Crippen LogP contribution in [0.4, 0.5) is 0 Å². The lowest BCUT2D eigenvalue weighted by Gasteiger charge is -2.29. The predicted octanol–water partition coefficient (Wildman–Crippen LogP) is 3.38. The molecule has 114 valence electrons. The zero-order valence-corrected chi connectivity index (χ0v) is 13.1. The molecule has 0 aliphatic carbocycles. The molecule has 2 aromatic rings. The van der Waals surface area contributed by atoms with Gasteiger partial charge in [-0.2, -0.15) is 0 Å². The molecule has 0 spiro atoms. The molecule has 1 aromatic carbocycles. The molecule has 21 heavy (non-hydrogen) atoms. The van der Waals surface area contributed by atoms with E-state index in [1.807, 2.05) is 6.20 Å². The van der Waals surface area contributed by atoms with Crippen LogP contribution in [0.3, 0.4) is 0 Å². The molecule has 1 fully saturated rings. The van der Waals surface area contributed by atoms with Gasteiger partial charge < -0.3 is 15.2 Å². The van der Waals surface area contributed by atoms with E-state index in [-0.39, 0.29) is 0 Å². The van der Waals surface area contributed by atoms with E-state index in [1.165, 1.54) is 55.4 Å². The van der Waals surface area contributed by atoms with Gasteiger partial charge in [-0.05, 0) is 67.5 Å². The van der Waals surface area contributed by atoms with E-state index >= 15 is 0 Å². The first-order chi connectivity index (χ1) is 10.3. The van der Waals surface area contributed by atoms with Gasteiger partial charge in [0, 0.05) is 24.8 Å². The SMILES string of the molecule is CC(CNCc1ccc2[nH]ccc2c1)CN1CCCCC1. The fraction of sp³-hybridized carbons (Fsp3) is 0.556. The molecule has 2 heterocycles. The highest BCUT2D eigenvalue weighted by Gasteiger charge is 2.13. The normalized spacial score (nSPS) is 18.1. The third-order valence-electron chi connectivity index (χ3n) is 4.46. The number of aromatic nitrogens is 1. The van der Waals surface area contributed by atoms with Gasteiger partial charge in [0.15, 0.2) is 0 Å². The molecular weight excluding hydrogens is 258 g/mol. The second-order valence-corrected chi connectivity index (χ2v) is 6.50. The molecule has 3 heteroatoms. The minimum atomic E-state index is 0.721. The molecule has 1 aliphatic rings. The Morgan fingerprint density at radius 1 is 1.19 bits per heavy atom. The quantitative estimate of drug-likeness (QED) is 0.852. The topological polar surface area (TPSA) is 31.1 Å². The largest absolute Gasteiger partial charge is 0.361 e. The highest BCUT2D eigenvalue weighted by atomic mass is 15.1. The van der Waals surface area contributed by atoms with Crippen LogP contribution in [-0.2, 0) is 6.54 Å². The fourth-order valence-electron chi connectivity index (χ4n) is 3.32. The minimum Gasteiger partial charge on any atom is -0.361 e. The summed E-state index contributed by atoms with van der Waals surface area (Å²) in [5, 5.41) is 4.91. The summed E-state index contributed by atoms with van der Waals surface area (Å²) in [7, 11) is 0. The van der Waals surface area contributed by atoms with Crippen molar-refractivity contribution in [2.75, 3.05) is 26.2 Å². The summed E-state index contributed by atoms with van der Waals surface area (Å²) in [6, 6.07) is 8.79. The van der Waals surface area contributed by atoms with E-state index in [4.69, 9.17) is 0 Å². The zero-order valence-electron chi connectivity index (χ0n) is 13.1. The first-order valence-electron chi connectivity index (χ1n) is 8.30. The number of fused-ring (bicyclic) bond motifs is 1. The van der Waals surface area contributed by atoms with Gasteiger partial charge in [-0.25, -0.2) is 0 Å². The number of hydrogen-bond donors (Lipinski definition) is 2. The second-order valence-electron chi connectivity index (χ2n) is 6.50. The van der Waals surface area contributed by atoms with Crippen molar-refractivity contribution in [2.24, 2.45) is 5.92 Å². The number of nitrogens with one attached hydrogen (secondary N) is 2. The van der Waals surface area contributed by atoms with Crippen LogP contribution in [-0.4, -0.2) is 36.1 Å². The number of likely N-dealkylation sites (tertiary alicyclic amines) is 1. The maximum absolute atomic E-state index is 3.61. The monoisotopic (exact) mass is 285 g/mol. The zero-order chi connectivity index (χ0) is 14.5. The van der Waals surface area contributed by atoms with Crippen LogP contribution in [0.2, 0.25) is 0 Å². The van der Waals surface area contributed by atoms with Crippen LogP contribution in [0.25, 0.3) is 10.9 Å². The summed E-state index contributed by atoms with van der Waals surface area (Å²) in [5.74, 6) is 0.721. The molecular formula is C18H27N3. The molecule has 1 unspecified atom stereocenters. The third kappa shape index (κ3) is 4.08. The third-order valence-corrected chi connectivity index (χ3v) is 4.46. The molecule has 0 bridgehead atoms. The van der Waals surface area contributed by atoms with Gasteiger partial charge in [0.1, 0.15) is 0 Å². The summed E-state index contributed by atoms with van der Waals surface area (Å²) in [4.78, 5) is 5.87. The Bertz CT molecular complexity index is 554. The van der Waals surface area contributed by atoms with Crippen molar-refractivity contribution < 1.29 is 0 Å². The van der Waals surface area contributed by atoms with Crippen molar-refractivity contribution in [1.82, 2.24) is 15.2 Å². The number of hydrogen-bond acceptors (Lipinski definition) is 2. The molecule has 3 rings (SSSR count). The van der Waals surface area contributed by atoms with Gasteiger partial charge in [0.2, 0.25) is 0 Å². The van der Waals surface area contributed by atoms with Gasteiger partial charge in [-0.15, -0.1) is 0 Å². The van der Waals surface area contributed by atoms with Crippen LogP contribution in [0.1, 0.15) is 31.7 Å². The summed E-state index contributed by atoms with van der Waals surface area (Å²) < 4.78 is 0. The molecule has 0 saturated carbocycles. The number of aromatic amines is 1. The Kier molecular flexibility index (Phi) is 4.94. The molecule has 0 radical (unpaired) electrons. The maximum Gasteiger partial charge on any atom is 0.0454 e. The van der Waals surface area contributed by atoms with Crippen LogP contribution < -0.4 is 5.32 Å². The molecule has 2 N–H and O–H groups in total. The first kappa shape index (κ1) is 14.6. The predicted molar refractivity (Wildman–Crippen MR) is 89.5 cm³/mol. The van der Waals surface area contributed by atoms with E-state index in [0.717, 1.165) is 19.0 Å². The molecule has 1 saturated heterocycles. The van der Waals surface area contributed by atoms with Crippen LogP contribution in [0, 0.1) is 5.92 Å². The van der Waals surface area contributed by atoms with E-state index in [0.29, 0.717) is 0 Å². The highest BCUT2D eigenvalue weighted by molar-refractivity contribution is 5.79. The van der Waals surface area contributed by atoms with Gasteiger partial charge in [0.05, 0.1) is 0 Å². The first-order valence-corrected chi connectivity index (χ1v) is 8.30. The lowest BCUT2D eigenvalue weighted by molar-refractivity contribution is 0.199. The van der Waals surface area contributed by atoms with E-state index in [2.05, 4.69) is 46.4 Å². The standard InChI is InChI=1S/C18H27N3/c1-15(14-21-9-3-2-4-10-21)12-19-13-16-5-6-18-17(11-16)7-8-20-18/h5-8,11,15,19-20H,2-4,9-10,12-14H2,1H3. The Morgan fingerprint density at radius 3 is 2.90 bits per heavy atom. The number of nitrogens with zero attached hydrogens (tertiary/aromatic N) is 1. The Balaban J connectivity index is 1.42. The molecule has 3 nitrogen and oxygen atoms in total. The summed E-state index contributed by atoms with van der Waals surface area (Å²) in [6.07, 6.45) is 6.20. The van der Waals surface area contributed by atoms with Crippen molar-refractivity contribution in [2.45, 2.75) is 32.7 Å². The Labute approximate surface area is 127 Å². The average Bonchev–Trinajstić information content (AvgIpc) is 2.96. The van der Waals surface area contributed by atoms with Gasteiger partial charge >= 0.3 is 0 Å². The van der Waals surface area contributed by atoms with Crippen LogP contribution >= 0.6 is 0 Å². The Hall–Kier alpha value is -1.32. The summed E-state index contributed by atoms with van der Waals surface area (Å²) in [6.45, 7) is 8.26. The van der Waals surface area contributed by atoms with Gasteiger partial charge in [-0.1, -0.05) is 19.4 Å². The maximum atomic E-state index is 3.61. The smallest absolute Gasteiger partial charge is 0.0454 e. The molecule has 1 aromatic heterocycles. The fourth-order valence-corrected chi connectivity index (χ4v) is 3.32. The number of benzene rings is 1. The van der Waals surface area contributed by atoms with Crippen molar-refractivity contribution in [3.8, 4) is 0 Å². The van der Waals surface area contributed by atoms with Crippen LogP contribution in [0.15, 0.2) is 30.5 Å². The van der Waals surface area contributed by atoms with Crippen LogP contribution in [0.5, 0.6) is 0 Å². The van der Waals surface area contributed by atoms with E-state index in [1.54, 1.807) is 0 Å². The van der Waals surface area contributed by atoms with E-state index < -0.39 is 0 Å². The van der Waals surface area contributed by atoms with E-state index in [9.17, 15) is 0 Å². The number of H-pyrrole nitrogens is 1. The average molecular weight is 285 g/mol. The summed E-state index contributed by atoms with van der Waals surface area (Å²) in [5.41, 5.74) is 2.59. The number of rotatable bonds is 6. The molecule has 0 amide bonds. The summed E-state index contributed by atoms with van der Waals surface area (Å²) >= 11 is 0. The highest BCUT2D eigenvalue weighted by Crippen LogP contribution is 2.14.